The molecule has 12 aromatic rings. The first-order valence-electron chi connectivity index (χ1n) is 21.1. The standard InChI is InChI=1S/C58H36N2OS/c1-2-16-44-38(12-1)13-8-18-45(44)39-32-34-42(35-33-39)59(52-24-10-22-50-47-17-3-6-27-55(47)62-58(50)52)43-15-7-14-41(36-43)37-28-30-40(31-29-37)46-19-9-20-48-49-21-11-26-54-57(49)60(56(46)48)51-23-4-5-25-53(51)61-54/h1-36H. The highest BCUT2D eigenvalue weighted by Crippen LogP contribution is 2.49. The first-order valence-corrected chi connectivity index (χ1v) is 21.9. The highest BCUT2D eigenvalue weighted by atomic mass is 32.1. The van der Waals surface area contributed by atoms with E-state index < -0.39 is 0 Å². The monoisotopic (exact) mass is 808 g/mol. The van der Waals surface area contributed by atoms with Crippen LogP contribution in [0.1, 0.15) is 0 Å². The number of hydrogen-bond acceptors (Lipinski definition) is 3. The second-order valence-corrected chi connectivity index (χ2v) is 17.1. The van der Waals surface area contributed by atoms with E-state index in [1.165, 1.54) is 75.2 Å². The van der Waals surface area contributed by atoms with Crippen molar-refractivity contribution in [3.63, 3.8) is 0 Å². The normalized spacial score (nSPS) is 12.0. The Bertz CT molecular complexity index is 3720. The van der Waals surface area contributed by atoms with Crippen molar-refractivity contribution in [2.45, 2.75) is 0 Å². The SMILES string of the molecule is c1cc(-c2ccc(-c3cccc4c5cccc6c5n(c34)-c3ccccc3O6)cc2)cc(N(c2ccc(-c3cccc4ccccc34)cc2)c2cccc3c2sc2ccccc23)c1. The lowest BCUT2D eigenvalue weighted by Crippen LogP contribution is -2.10. The fraction of sp³-hybridized carbons (Fsp3) is 0. The maximum atomic E-state index is 6.42. The molecule has 62 heavy (non-hydrogen) atoms. The molecule has 0 radical (unpaired) electrons. The van der Waals surface area contributed by atoms with Gasteiger partial charge in [-0.05, 0) is 93.2 Å². The number of hydrogen-bond donors (Lipinski definition) is 0. The fourth-order valence-electron chi connectivity index (χ4n) is 9.76. The molecule has 4 heteroatoms. The molecule has 3 heterocycles. The molecule has 0 saturated carbocycles. The van der Waals surface area contributed by atoms with Gasteiger partial charge < -0.3 is 14.2 Å². The van der Waals surface area contributed by atoms with E-state index in [-0.39, 0.29) is 0 Å². The van der Waals surface area contributed by atoms with Gasteiger partial charge in [-0.25, -0.2) is 0 Å². The highest BCUT2D eigenvalue weighted by Gasteiger charge is 2.25. The van der Waals surface area contributed by atoms with Gasteiger partial charge in [0.1, 0.15) is 0 Å². The third kappa shape index (κ3) is 5.37. The van der Waals surface area contributed by atoms with Crippen molar-refractivity contribution in [3.8, 4) is 50.6 Å². The van der Waals surface area contributed by atoms with E-state index in [2.05, 4.69) is 222 Å². The Balaban J connectivity index is 0.927. The topological polar surface area (TPSA) is 17.4 Å². The molecule has 0 atom stereocenters. The van der Waals surface area contributed by atoms with Gasteiger partial charge in [0.05, 0.1) is 27.1 Å². The number of benzene rings is 10. The Kier molecular flexibility index (Phi) is 7.78. The number of anilines is 3. The van der Waals surface area contributed by atoms with Gasteiger partial charge >= 0.3 is 0 Å². The molecule has 0 N–H and O–H groups in total. The Labute approximate surface area is 362 Å². The molecular formula is C58H36N2OS. The average Bonchev–Trinajstić information content (AvgIpc) is 3.90. The lowest BCUT2D eigenvalue weighted by molar-refractivity contribution is 0.476. The number of aromatic nitrogens is 1. The summed E-state index contributed by atoms with van der Waals surface area (Å²) in [6, 6.07) is 79.2. The van der Waals surface area contributed by atoms with Crippen LogP contribution in [0.15, 0.2) is 218 Å². The van der Waals surface area contributed by atoms with E-state index in [0.29, 0.717) is 0 Å². The molecule has 290 valence electrons. The number of rotatable bonds is 6. The van der Waals surface area contributed by atoms with Gasteiger partial charge in [-0.3, -0.25) is 0 Å². The predicted octanol–water partition coefficient (Wildman–Crippen LogP) is 16.9. The predicted molar refractivity (Wildman–Crippen MR) is 262 cm³/mol. The van der Waals surface area contributed by atoms with E-state index in [1.807, 2.05) is 17.4 Å². The van der Waals surface area contributed by atoms with Crippen LogP contribution in [-0.2, 0) is 0 Å². The summed E-state index contributed by atoms with van der Waals surface area (Å²) in [6.07, 6.45) is 0. The molecule has 0 spiro atoms. The lowest BCUT2D eigenvalue weighted by Gasteiger charge is -2.27. The molecule has 0 unspecified atom stereocenters. The van der Waals surface area contributed by atoms with Crippen LogP contribution in [-0.4, -0.2) is 4.57 Å². The van der Waals surface area contributed by atoms with Crippen molar-refractivity contribution in [2.24, 2.45) is 0 Å². The Morgan fingerprint density at radius 1 is 0.387 bits per heavy atom. The maximum absolute atomic E-state index is 6.42. The molecular weight excluding hydrogens is 773 g/mol. The van der Waals surface area contributed by atoms with Crippen LogP contribution >= 0.6 is 11.3 Å². The highest BCUT2D eigenvalue weighted by molar-refractivity contribution is 7.26. The molecule has 0 fully saturated rings. The Morgan fingerprint density at radius 2 is 1.00 bits per heavy atom. The van der Waals surface area contributed by atoms with Gasteiger partial charge in [0.25, 0.3) is 0 Å². The molecule has 10 aromatic carbocycles. The summed E-state index contributed by atoms with van der Waals surface area (Å²) in [7, 11) is 0. The second-order valence-electron chi connectivity index (χ2n) is 16.0. The average molecular weight is 809 g/mol. The van der Waals surface area contributed by atoms with Crippen molar-refractivity contribution in [1.82, 2.24) is 4.57 Å². The summed E-state index contributed by atoms with van der Waals surface area (Å²) in [5.74, 6) is 1.75. The fourth-order valence-corrected chi connectivity index (χ4v) is 11.0. The van der Waals surface area contributed by atoms with Gasteiger partial charge in [0.2, 0.25) is 0 Å². The van der Waals surface area contributed by atoms with Crippen molar-refractivity contribution in [2.75, 3.05) is 4.90 Å². The minimum atomic E-state index is 0.869. The zero-order chi connectivity index (χ0) is 40.7. The first-order chi connectivity index (χ1) is 30.7. The van der Waals surface area contributed by atoms with Gasteiger partial charge in [-0.1, -0.05) is 164 Å². The van der Waals surface area contributed by atoms with Crippen molar-refractivity contribution in [1.29, 1.82) is 0 Å². The molecule has 2 aromatic heterocycles. The zero-order valence-corrected chi connectivity index (χ0v) is 34.3. The van der Waals surface area contributed by atoms with E-state index in [9.17, 15) is 0 Å². The van der Waals surface area contributed by atoms with Crippen LogP contribution < -0.4 is 9.64 Å². The van der Waals surface area contributed by atoms with Crippen LogP contribution in [0.25, 0.3) is 91.8 Å². The minimum Gasteiger partial charge on any atom is -0.453 e. The summed E-state index contributed by atoms with van der Waals surface area (Å²) in [4.78, 5) is 2.43. The summed E-state index contributed by atoms with van der Waals surface area (Å²) < 4.78 is 11.4. The zero-order valence-electron chi connectivity index (χ0n) is 33.5. The Morgan fingerprint density at radius 3 is 1.90 bits per heavy atom. The maximum Gasteiger partial charge on any atom is 0.152 e. The van der Waals surface area contributed by atoms with E-state index in [1.54, 1.807) is 0 Å². The van der Waals surface area contributed by atoms with Crippen molar-refractivity contribution in [3.05, 3.63) is 218 Å². The Hall–Kier alpha value is -7.92. The molecule has 1 aliphatic heterocycles. The van der Waals surface area contributed by atoms with Crippen LogP contribution in [0.5, 0.6) is 11.5 Å². The number of fused-ring (bicyclic) bond motifs is 9. The van der Waals surface area contributed by atoms with Gasteiger partial charge in [0.15, 0.2) is 11.5 Å². The summed E-state index contributed by atoms with van der Waals surface area (Å²) in [5, 5.41) is 7.49. The molecule has 0 aliphatic carbocycles. The number of para-hydroxylation sites is 4. The van der Waals surface area contributed by atoms with Crippen LogP contribution in [0, 0.1) is 0 Å². The third-order valence-electron chi connectivity index (χ3n) is 12.6. The van der Waals surface area contributed by atoms with Gasteiger partial charge in [-0.2, -0.15) is 0 Å². The molecule has 1 aliphatic rings. The van der Waals surface area contributed by atoms with Crippen molar-refractivity contribution >= 4 is 81.1 Å². The largest absolute Gasteiger partial charge is 0.453 e. The molecule has 13 rings (SSSR count). The quantitative estimate of drug-likeness (QED) is 0.166. The number of thiophene rings is 1. The molecule has 0 bridgehead atoms. The summed E-state index contributed by atoms with van der Waals surface area (Å²) >= 11 is 1.86. The minimum absolute atomic E-state index is 0.869. The van der Waals surface area contributed by atoms with E-state index in [0.717, 1.165) is 45.2 Å². The lowest BCUT2D eigenvalue weighted by atomic mass is 9.97. The second kappa shape index (κ2) is 13.8. The van der Waals surface area contributed by atoms with Gasteiger partial charge in [-0.15, -0.1) is 11.3 Å². The summed E-state index contributed by atoms with van der Waals surface area (Å²) in [5.41, 5.74) is 13.9. The molecule has 0 saturated heterocycles. The van der Waals surface area contributed by atoms with Crippen molar-refractivity contribution < 1.29 is 4.74 Å². The first kappa shape index (κ1) is 34.9. The molecule has 0 amide bonds. The van der Waals surface area contributed by atoms with Crippen LogP contribution in [0.3, 0.4) is 0 Å². The van der Waals surface area contributed by atoms with Gasteiger partial charge in [0, 0.05) is 43.2 Å². The van der Waals surface area contributed by atoms with E-state index >= 15 is 0 Å². The summed E-state index contributed by atoms with van der Waals surface area (Å²) in [6.45, 7) is 0. The van der Waals surface area contributed by atoms with Crippen LogP contribution in [0.2, 0.25) is 0 Å². The molecule has 3 nitrogen and oxygen atoms in total. The van der Waals surface area contributed by atoms with E-state index in [4.69, 9.17) is 4.74 Å². The smallest absolute Gasteiger partial charge is 0.152 e. The van der Waals surface area contributed by atoms with Crippen LogP contribution in [0.4, 0.5) is 17.1 Å². The number of nitrogens with zero attached hydrogens (tertiary/aromatic N) is 2. The third-order valence-corrected chi connectivity index (χ3v) is 13.8. The number of ether oxygens (including phenoxy) is 1.